The largest absolute Gasteiger partial charge is 0.463 e. The van der Waals surface area contributed by atoms with Gasteiger partial charge in [0.05, 0.1) is 0 Å². The van der Waals surface area contributed by atoms with Crippen molar-refractivity contribution in [2.24, 2.45) is 5.92 Å². The zero-order valence-electron chi connectivity index (χ0n) is 11.1. The number of aliphatic hydroxyl groups is 1. The maximum atomic E-state index is 13.7. The first-order chi connectivity index (χ1) is 9.54. The molecule has 4 heteroatoms. The molecule has 0 spiro atoms. The third-order valence-corrected chi connectivity index (χ3v) is 4.11. The smallest absolute Gasteiger partial charge is 0.133 e. The fourth-order valence-electron chi connectivity index (χ4n) is 2.46. The molecule has 20 heavy (non-hydrogen) atoms. The first-order valence-electron chi connectivity index (χ1n) is 6.76. The molecule has 0 radical (unpaired) electrons. The molecule has 1 saturated carbocycles. The molecular formula is C16H16ClFO2. The van der Waals surface area contributed by atoms with E-state index < -0.39 is 11.9 Å². The van der Waals surface area contributed by atoms with Crippen molar-refractivity contribution in [3.05, 3.63) is 58.3 Å². The molecule has 1 fully saturated rings. The highest BCUT2D eigenvalue weighted by Crippen LogP contribution is 2.47. The number of rotatable bonds is 4. The predicted octanol–water partition coefficient (Wildman–Crippen LogP) is 4.47. The van der Waals surface area contributed by atoms with Crippen LogP contribution in [-0.2, 0) is 6.42 Å². The SMILES string of the molecule is CC1CC1c1ccc(C(O)Cc2ccc(Cl)cc2F)o1. The quantitative estimate of drug-likeness (QED) is 0.902. The van der Waals surface area contributed by atoms with Crippen molar-refractivity contribution < 1.29 is 13.9 Å². The zero-order chi connectivity index (χ0) is 14.3. The van der Waals surface area contributed by atoms with Gasteiger partial charge in [-0.25, -0.2) is 4.39 Å². The standard InChI is InChI=1S/C16H16ClFO2/c1-9-6-12(9)15-4-5-16(20-15)14(19)7-10-2-3-11(17)8-13(10)18/h2-5,8-9,12,14,19H,6-7H2,1H3. The fourth-order valence-corrected chi connectivity index (χ4v) is 2.62. The van der Waals surface area contributed by atoms with Crippen LogP contribution in [0.2, 0.25) is 5.02 Å². The second kappa shape index (κ2) is 5.23. The van der Waals surface area contributed by atoms with Crippen LogP contribution in [0.5, 0.6) is 0 Å². The maximum absolute atomic E-state index is 13.7. The summed E-state index contributed by atoms with van der Waals surface area (Å²) in [6, 6.07) is 8.15. The zero-order valence-corrected chi connectivity index (χ0v) is 11.9. The van der Waals surface area contributed by atoms with Crippen LogP contribution in [-0.4, -0.2) is 5.11 Å². The first kappa shape index (κ1) is 13.7. The minimum atomic E-state index is -0.839. The molecule has 1 aliphatic rings. The molecule has 1 heterocycles. The Bertz CT molecular complexity index is 623. The van der Waals surface area contributed by atoms with E-state index in [0.29, 0.717) is 28.2 Å². The van der Waals surface area contributed by atoms with E-state index in [9.17, 15) is 9.50 Å². The van der Waals surface area contributed by atoms with Crippen LogP contribution < -0.4 is 0 Å². The van der Waals surface area contributed by atoms with Crippen molar-refractivity contribution in [3.8, 4) is 0 Å². The van der Waals surface area contributed by atoms with E-state index in [1.54, 1.807) is 18.2 Å². The lowest BCUT2D eigenvalue weighted by molar-refractivity contribution is 0.147. The molecule has 0 aliphatic heterocycles. The predicted molar refractivity (Wildman–Crippen MR) is 75.3 cm³/mol. The van der Waals surface area contributed by atoms with Gasteiger partial charge >= 0.3 is 0 Å². The van der Waals surface area contributed by atoms with Crippen molar-refractivity contribution in [1.82, 2.24) is 0 Å². The van der Waals surface area contributed by atoms with Crippen LogP contribution >= 0.6 is 11.6 Å². The molecule has 0 bridgehead atoms. The summed E-state index contributed by atoms with van der Waals surface area (Å²) in [6.45, 7) is 2.17. The highest BCUT2D eigenvalue weighted by atomic mass is 35.5. The number of hydrogen-bond acceptors (Lipinski definition) is 2. The molecule has 106 valence electrons. The number of furan rings is 1. The van der Waals surface area contributed by atoms with E-state index in [4.69, 9.17) is 16.0 Å². The molecule has 2 aromatic rings. The molecule has 1 aromatic carbocycles. The summed E-state index contributed by atoms with van der Waals surface area (Å²) in [6.07, 6.45) is 0.471. The third-order valence-electron chi connectivity index (χ3n) is 3.88. The topological polar surface area (TPSA) is 33.4 Å². The maximum Gasteiger partial charge on any atom is 0.133 e. The molecule has 0 amide bonds. The van der Waals surface area contributed by atoms with Gasteiger partial charge in [0.25, 0.3) is 0 Å². The summed E-state index contributed by atoms with van der Waals surface area (Å²) in [5.74, 6) is 2.14. The molecule has 3 rings (SSSR count). The van der Waals surface area contributed by atoms with E-state index in [1.807, 2.05) is 6.07 Å². The number of aliphatic hydroxyl groups excluding tert-OH is 1. The highest BCUT2D eigenvalue weighted by molar-refractivity contribution is 6.30. The van der Waals surface area contributed by atoms with Crippen molar-refractivity contribution in [2.45, 2.75) is 31.8 Å². The summed E-state index contributed by atoms with van der Waals surface area (Å²) in [7, 11) is 0. The number of hydrogen-bond donors (Lipinski definition) is 1. The summed E-state index contributed by atoms with van der Waals surface area (Å²) in [4.78, 5) is 0. The Morgan fingerprint density at radius 1 is 1.40 bits per heavy atom. The molecule has 1 aromatic heterocycles. The lowest BCUT2D eigenvalue weighted by Gasteiger charge is -2.09. The van der Waals surface area contributed by atoms with Gasteiger partial charge in [0.2, 0.25) is 0 Å². The van der Waals surface area contributed by atoms with Gasteiger partial charge in [-0.3, -0.25) is 0 Å². The van der Waals surface area contributed by atoms with Crippen molar-refractivity contribution >= 4 is 11.6 Å². The second-order valence-electron chi connectivity index (χ2n) is 5.52. The van der Waals surface area contributed by atoms with Gasteiger partial charge in [0, 0.05) is 17.4 Å². The van der Waals surface area contributed by atoms with Crippen LogP contribution in [0.25, 0.3) is 0 Å². The molecule has 1 N–H and O–H groups in total. The normalized spacial score (nSPS) is 22.8. The van der Waals surface area contributed by atoms with Gasteiger partial charge in [0.1, 0.15) is 23.4 Å². The molecule has 3 unspecified atom stereocenters. The highest BCUT2D eigenvalue weighted by Gasteiger charge is 2.36. The Morgan fingerprint density at radius 3 is 2.80 bits per heavy atom. The van der Waals surface area contributed by atoms with Gasteiger partial charge in [-0.05, 0) is 42.2 Å². The Morgan fingerprint density at radius 2 is 2.15 bits per heavy atom. The Balaban J connectivity index is 1.72. The van der Waals surface area contributed by atoms with Gasteiger partial charge < -0.3 is 9.52 Å². The van der Waals surface area contributed by atoms with Crippen LogP contribution in [0.3, 0.4) is 0 Å². The molecule has 1 aliphatic carbocycles. The molecule has 0 saturated heterocycles. The molecule has 3 atom stereocenters. The lowest BCUT2D eigenvalue weighted by Crippen LogP contribution is -2.02. The van der Waals surface area contributed by atoms with Gasteiger partial charge in [-0.1, -0.05) is 24.6 Å². The van der Waals surface area contributed by atoms with Crippen LogP contribution in [0.4, 0.5) is 4.39 Å². The lowest BCUT2D eigenvalue weighted by atomic mass is 10.1. The van der Waals surface area contributed by atoms with Crippen LogP contribution in [0, 0.1) is 11.7 Å². The minimum Gasteiger partial charge on any atom is -0.463 e. The second-order valence-corrected chi connectivity index (χ2v) is 5.95. The molecular weight excluding hydrogens is 279 g/mol. The summed E-state index contributed by atoms with van der Waals surface area (Å²) >= 11 is 5.71. The summed E-state index contributed by atoms with van der Waals surface area (Å²) in [5.41, 5.74) is 0.430. The van der Waals surface area contributed by atoms with E-state index in [0.717, 1.165) is 12.2 Å². The van der Waals surface area contributed by atoms with Gasteiger partial charge in [-0.2, -0.15) is 0 Å². The van der Waals surface area contributed by atoms with E-state index in [-0.39, 0.29) is 6.42 Å². The summed E-state index contributed by atoms with van der Waals surface area (Å²) < 4.78 is 19.4. The van der Waals surface area contributed by atoms with Crippen molar-refractivity contribution in [2.75, 3.05) is 0 Å². The Hall–Kier alpha value is -1.32. The Kier molecular flexibility index (Phi) is 3.57. The average molecular weight is 295 g/mol. The Labute approximate surface area is 122 Å². The summed E-state index contributed by atoms with van der Waals surface area (Å²) in [5, 5.41) is 10.5. The van der Waals surface area contributed by atoms with Crippen molar-refractivity contribution in [3.63, 3.8) is 0 Å². The minimum absolute atomic E-state index is 0.177. The third kappa shape index (κ3) is 2.74. The van der Waals surface area contributed by atoms with Crippen molar-refractivity contribution in [1.29, 1.82) is 0 Å². The number of benzene rings is 1. The first-order valence-corrected chi connectivity index (χ1v) is 7.14. The van der Waals surface area contributed by atoms with Crippen LogP contribution in [0.1, 0.15) is 42.5 Å². The average Bonchev–Trinajstić information content (AvgIpc) is 2.94. The molecule has 2 nitrogen and oxygen atoms in total. The van der Waals surface area contributed by atoms with E-state index in [2.05, 4.69) is 6.92 Å². The number of halogens is 2. The monoisotopic (exact) mass is 294 g/mol. The van der Waals surface area contributed by atoms with E-state index in [1.165, 1.54) is 6.07 Å². The van der Waals surface area contributed by atoms with Crippen LogP contribution in [0.15, 0.2) is 34.7 Å². The van der Waals surface area contributed by atoms with Gasteiger partial charge in [0.15, 0.2) is 0 Å². The fraction of sp³-hybridized carbons (Fsp3) is 0.375. The van der Waals surface area contributed by atoms with Gasteiger partial charge in [-0.15, -0.1) is 0 Å². The van der Waals surface area contributed by atoms with E-state index >= 15 is 0 Å².